The van der Waals surface area contributed by atoms with Gasteiger partial charge in [-0.3, -0.25) is 0 Å². The van der Waals surface area contributed by atoms with Crippen LogP contribution in [0.4, 0.5) is 0 Å². The molecule has 1 heterocycles. The molecule has 0 aliphatic carbocycles. The van der Waals surface area contributed by atoms with Crippen molar-refractivity contribution < 1.29 is 24.5 Å². The molecule has 0 spiro atoms. The number of nitrogens with zero attached hydrogens (tertiary/aromatic N) is 1. The Labute approximate surface area is 193 Å². The van der Waals surface area contributed by atoms with Crippen LogP contribution in [-0.2, 0) is 9.59 Å². The largest absolute Gasteiger partial charge is 0.493 e. The SMILES string of the molecule is CN(C)CC/C=C1\c2ccc(Cl)cc2OCCC1c1ccccc1.O=C(O)/C=C/C(=O)O. The molecule has 0 bridgehead atoms. The maximum absolute atomic E-state index is 9.55. The third-order valence-electron chi connectivity index (χ3n) is 4.81. The summed E-state index contributed by atoms with van der Waals surface area (Å²) >= 11 is 6.17. The van der Waals surface area contributed by atoms with E-state index in [4.69, 9.17) is 26.6 Å². The quantitative estimate of drug-likeness (QED) is 0.596. The van der Waals surface area contributed by atoms with Crippen molar-refractivity contribution in [2.75, 3.05) is 27.2 Å². The van der Waals surface area contributed by atoms with Crippen molar-refractivity contribution in [1.82, 2.24) is 4.90 Å². The van der Waals surface area contributed by atoms with Gasteiger partial charge in [0.2, 0.25) is 0 Å². The molecule has 2 aromatic rings. The topological polar surface area (TPSA) is 87.1 Å². The fraction of sp³-hybridized carbons (Fsp3) is 0.280. The number of hydrogen-bond acceptors (Lipinski definition) is 4. The minimum atomic E-state index is -1.26. The lowest BCUT2D eigenvalue weighted by molar-refractivity contribution is -0.134. The van der Waals surface area contributed by atoms with Gasteiger partial charge in [-0.1, -0.05) is 48.0 Å². The Morgan fingerprint density at radius 3 is 2.34 bits per heavy atom. The van der Waals surface area contributed by atoms with Crippen LogP contribution in [-0.4, -0.2) is 54.3 Å². The van der Waals surface area contributed by atoms with E-state index in [1.807, 2.05) is 12.1 Å². The summed E-state index contributed by atoms with van der Waals surface area (Å²) in [4.78, 5) is 21.3. The Morgan fingerprint density at radius 2 is 1.75 bits per heavy atom. The van der Waals surface area contributed by atoms with E-state index in [2.05, 4.69) is 61.5 Å². The lowest BCUT2D eigenvalue weighted by Gasteiger charge is -2.19. The Bertz CT molecular complexity index is 954. The molecule has 0 saturated carbocycles. The van der Waals surface area contributed by atoms with Gasteiger partial charge in [0.25, 0.3) is 0 Å². The van der Waals surface area contributed by atoms with E-state index in [-0.39, 0.29) is 0 Å². The van der Waals surface area contributed by atoms with Gasteiger partial charge < -0.3 is 19.8 Å². The first-order valence-corrected chi connectivity index (χ1v) is 10.6. The predicted octanol–water partition coefficient (Wildman–Crippen LogP) is 4.95. The van der Waals surface area contributed by atoms with E-state index in [1.165, 1.54) is 16.7 Å². The Balaban J connectivity index is 0.000000390. The molecule has 0 radical (unpaired) electrons. The van der Waals surface area contributed by atoms with Crippen LogP contribution in [0, 0.1) is 0 Å². The van der Waals surface area contributed by atoms with Crippen molar-refractivity contribution in [2.24, 2.45) is 0 Å². The number of carboxylic acids is 2. The van der Waals surface area contributed by atoms with Crippen molar-refractivity contribution in [2.45, 2.75) is 18.8 Å². The smallest absolute Gasteiger partial charge is 0.328 e. The number of fused-ring (bicyclic) bond motifs is 1. The molecule has 2 N–H and O–H groups in total. The zero-order valence-corrected chi connectivity index (χ0v) is 19.0. The standard InChI is InChI=1S/C21H24ClNO.C4H4O4/c1-23(2)13-6-9-19-18(16-7-4-3-5-8-16)12-14-24-21-15-17(22)10-11-20(19)21;5-3(6)1-2-4(7)8/h3-5,7-11,15,18H,6,12-14H2,1-2H3;1-2H,(H,5,6)(H,7,8)/b19-9-;2-1+. The summed E-state index contributed by atoms with van der Waals surface area (Å²) in [6.45, 7) is 1.74. The van der Waals surface area contributed by atoms with Gasteiger partial charge in [0, 0.05) is 35.2 Å². The molecular formula is C25H28ClNO5. The molecule has 7 heteroatoms. The van der Waals surface area contributed by atoms with Gasteiger partial charge in [0.05, 0.1) is 6.61 Å². The summed E-state index contributed by atoms with van der Waals surface area (Å²) < 4.78 is 6.00. The predicted molar refractivity (Wildman–Crippen MR) is 126 cm³/mol. The molecule has 0 saturated heterocycles. The molecule has 1 atom stereocenters. The van der Waals surface area contributed by atoms with Crippen LogP contribution in [0.5, 0.6) is 5.75 Å². The first-order valence-electron chi connectivity index (χ1n) is 10.2. The zero-order chi connectivity index (χ0) is 23.5. The maximum Gasteiger partial charge on any atom is 0.328 e. The van der Waals surface area contributed by atoms with Gasteiger partial charge in [0.15, 0.2) is 0 Å². The molecule has 3 rings (SSSR count). The summed E-state index contributed by atoms with van der Waals surface area (Å²) in [6.07, 6.45) is 5.49. The third kappa shape index (κ3) is 8.21. The normalized spacial score (nSPS) is 16.6. The number of allylic oxidation sites excluding steroid dienone is 1. The molecule has 0 amide bonds. The van der Waals surface area contributed by atoms with Crippen molar-refractivity contribution >= 4 is 29.1 Å². The van der Waals surface area contributed by atoms with Crippen LogP contribution in [0.3, 0.4) is 0 Å². The second kappa shape index (κ2) is 12.7. The van der Waals surface area contributed by atoms with E-state index >= 15 is 0 Å². The van der Waals surface area contributed by atoms with E-state index in [9.17, 15) is 9.59 Å². The van der Waals surface area contributed by atoms with Gasteiger partial charge in [-0.05, 0) is 56.3 Å². The van der Waals surface area contributed by atoms with Crippen LogP contribution >= 0.6 is 11.6 Å². The fourth-order valence-electron chi connectivity index (χ4n) is 3.39. The molecule has 2 aromatic carbocycles. The fourth-order valence-corrected chi connectivity index (χ4v) is 3.55. The van der Waals surface area contributed by atoms with Crippen LogP contribution < -0.4 is 4.74 Å². The molecule has 1 aliphatic rings. The minimum absolute atomic E-state index is 0.357. The summed E-state index contributed by atoms with van der Waals surface area (Å²) in [6, 6.07) is 16.7. The van der Waals surface area contributed by atoms with Gasteiger partial charge in [-0.15, -0.1) is 0 Å². The third-order valence-corrected chi connectivity index (χ3v) is 5.04. The second-order valence-corrected chi connectivity index (χ2v) is 7.94. The average molecular weight is 458 g/mol. The highest BCUT2D eigenvalue weighted by Crippen LogP contribution is 2.42. The number of halogens is 1. The highest BCUT2D eigenvalue weighted by Gasteiger charge is 2.24. The molecule has 1 aliphatic heterocycles. The van der Waals surface area contributed by atoms with Gasteiger partial charge in [-0.2, -0.15) is 0 Å². The lowest BCUT2D eigenvalue weighted by Crippen LogP contribution is -2.12. The Hall–Kier alpha value is -3.09. The number of aliphatic carboxylic acids is 2. The molecular weight excluding hydrogens is 430 g/mol. The summed E-state index contributed by atoms with van der Waals surface area (Å²) in [7, 11) is 4.22. The Kier molecular flexibility index (Phi) is 9.98. The molecule has 170 valence electrons. The average Bonchev–Trinajstić information content (AvgIpc) is 2.92. The number of carboxylic acid groups (broad SMARTS) is 2. The maximum atomic E-state index is 9.55. The van der Waals surface area contributed by atoms with Crippen LogP contribution in [0.15, 0.2) is 66.8 Å². The second-order valence-electron chi connectivity index (χ2n) is 7.50. The summed E-state index contributed by atoms with van der Waals surface area (Å²) in [5, 5.41) is 16.3. The summed E-state index contributed by atoms with van der Waals surface area (Å²) in [5.41, 5.74) is 3.87. The minimum Gasteiger partial charge on any atom is -0.493 e. The van der Waals surface area contributed by atoms with E-state index < -0.39 is 11.9 Å². The first-order chi connectivity index (χ1) is 15.3. The van der Waals surface area contributed by atoms with Crippen LogP contribution in [0.2, 0.25) is 5.02 Å². The first kappa shape index (κ1) is 25.2. The number of hydrogen-bond donors (Lipinski definition) is 2. The number of ether oxygens (including phenoxy) is 1. The Morgan fingerprint density at radius 1 is 1.09 bits per heavy atom. The van der Waals surface area contributed by atoms with Gasteiger partial charge in [-0.25, -0.2) is 9.59 Å². The molecule has 1 unspecified atom stereocenters. The lowest BCUT2D eigenvalue weighted by atomic mass is 9.84. The summed E-state index contributed by atoms with van der Waals surface area (Å²) in [5.74, 6) is -1.26. The van der Waals surface area contributed by atoms with E-state index in [0.717, 1.165) is 30.2 Å². The van der Waals surface area contributed by atoms with Crippen LogP contribution in [0.1, 0.15) is 29.9 Å². The molecule has 0 aromatic heterocycles. The van der Waals surface area contributed by atoms with Crippen molar-refractivity contribution in [3.63, 3.8) is 0 Å². The number of rotatable bonds is 6. The van der Waals surface area contributed by atoms with Crippen molar-refractivity contribution in [3.8, 4) is 5.75 Å². The zero-order valence-electron chi connectivity index (χ0n) is 18.2. The highest BCUT2D eigenvalue weighted by atomic mass is 35.5. The number of carbonyl (C=O) groups is 2. The number of benzene rings is 2. The van der Waals surface area contributed by atoms with E-state index in [0.29, 0.717) is 24.7 Å². The molecule has 0 fully saturated rings. The molecule has 6 nitrogen and oxygen atoms in total. The molecule has 32 heavy (non-hydrogen) atoms. The van der Waals surface area contributed by atoms with Gasteiger partial charge >= 0.3 is 11.9 Å². The van der Waals surface area contributed by atoms with Crippen molar-refractivity contribution in [3.05, 3.63) is 82.9 Å². The van der Waals surface area contributed by atoms with Gasteiger partial charge in [0.1, 0.15) is 5.75 Å². The monoisotopic (exact) mass is 457 g/mol. The van der Waals surface area contributed by atoms with Crippen molar-refractivity contribution in [1.29, 1.82) is 0 Å². The highest BCUT2D eigenvalue weighted by molar-refractivity contribution is 6.30. The van der Waals surface area contributed by atoms with E-state index in [1.54, 1.807) is 0 Å². The van der Waals surface area contributed by atoms with Crippen LogP contribution in [0.25, 0.3) is 5.57 Å².